The maximum atomic E-state index is 13.2. The fraction of sp³-hybridized carbons (Fsp3) is 0.161. The number of rotatable bonds is 12. The third-order valence-electron chi connectivity index (χ3n) is 5.67. The second kappa shape index (κ2) is 14.8. The summed E-state index contributed by atoms with van der Waals surface area (Å²) >= 11 is 0. The van der Waals surface area contributed by atoms with Crippen LogP contribution >= 0.6 is 0 Å². The Kier molecular flexibility index (Phi) is 10.9. The topological polar surface area (TPSA) is 102 Å². The van der Waals surface area contributed by atoms with E-state index in [9.17, 15) is 9.18 Å². The Labute approximate surface area is 232 Å². The number of allylic oxidation sites excluding steroid dienone is 1. The molecule has 0 saturated carbocycles. The number of esters is 1. The van der Waals surface area contributed by atoms with Crippen molar-refractivity contribution in [3.05, 3.63) is 113 Å². The summed E-state index contributed by atoms with van der Waals surface area (Å²) in [5.41, 5.74) is 3.46. The van der Waals surface area contributed by atoms with E-state index in [0.717, 1.165) is 5.56 Å². The standard InChI is InChI=1S/C31H29FN2O6/c1-5-18-39-34-29(23-12-16-25(17-13-23)38-19-22-10-14-24(32)15-11-22)21(2)30(40-33)27-9-7-6-8-26(27)28(20-36-3)31(35)37-4/h1,6-17,20H,18-19,33H2,2-4H3. The molecule has 9 heteroatoms. The molecule has 0 saturated heterocycles. The third kappa shape index (κ3) is 7.49. The molecule has 0 spiro atoms. The largest absolute Gasteiger partial charge is 0.503 e. The number of benzene rings is 3. The lowest BCUT2D eigenvalue weighted by atomic mass is 9.94. The summed E-state index contributed by atoms with van der Waals surface area (Å²) < 4.78 is 29.0. The highest BCUT2D eigenvalue weighted by Gasteiger charge is 2.23. The summed E-state index contributed by atoms with van der Waals surface area (Å²) in [6.07, 6.45) is 6.62. The van der Waals surface area contributed by atoms with Crippen LogP contribution in [0.15, 0.2) is 89.8 Å². The fourth-order valence-corrected chi connectivity index (χ4v) is 3.75. The zero-order valence-corrected chi connectivity index (χ0v) is 22.3. The summed E-state index contributed by atoms with van der Waals surface area (Å²) in [6, 6.07) is 20.1. The Bertz CT molecular complexity index is 1440. The number of hydrogen-bond acceptors (Lipinski definition) is 8. The van der Waals surface area contributed by atoms with Crippen LogP contribution in [0.5, 0.6) is 5.75 Å². The van der Waals surface area contributed by atoms with Crippen molar-refractivity contribution in [3.63, 3.8) is 0 Å². The first kappa shape index (κ1) is 29.5. The van der Waals surface area contributed by atoms with Gasteiger partial charge < -0.3 is 23.9 Å². The molecule has 0 aliphatic heterocycles. The van der Waals surface area contributed by atoms with Crippen LogP contribution in [0.1, 0.15) is 29.2 Å². The molecule has 0 atom stereocenters. The molecule has 0 fully saturated rings. The molecule has 206 valence electrons. The van der Waals surface area contributed by atoms with E-state index in [-0.39, 0.29) is 30.4 Å². The summed E-state index contributed by atoms with van der Waals surface area (Å²) in [6.45, 7) is 1.95. The molecule has 0 aliphatic carbocycles. The van der Waals surface area contributed by atoms with Crippen molar-refractivity contribution >= 4 is 23.0 Å². The number of nitrogens with two attached hydrogens (primary N) is 1. The minimum absolute atomic E-state index is 0.0614. The van der Waals surface area contributed by atoms with Crippen LogP contribution in [0, 0.1) is 18.2 Å². The molecule has 0 aliphatic rings. The van der Waals surface area contributed by atoms with Crippen LogP contribution in [-0.2, 0) is 30.6 Å². The van der Waals surface area contributed by atoms with Gasteiger partial charge in [-0.3, -0.25) is 0 Å². The van der Waals surface area contributed by atoms with E-state index in [1.807, 2.05) is 0 Å². The average Bonchev–Trinajstić information content (AvgIpc) is 2.98. The molecule has 3 rings (SSSR count). The molecule has 40 heavy (non-hydrogen) atoms. The molecule has 0 heterocycles. The normalized spacial score (nSPS) is 12.1. The number of ether oxygens (including phenoxy) is 3. The molecule has 8 nitrogen and oxygen atoms in total. The quantitative estimate of drug-likeness (QED) is 0.0633. The SMILES string of the molecule is C#CCON=C(C(C)=C(ON)c1ccccc1C(=COC)C(=O)OC)c1ccc(OCc2ccc(F)cc2)cc1. The maximum Gasteiger partial charge on any atom is 0.341 e. The van der Waals surface area contributed by atoms with E-state index >= 15 is 0 Å². The number of halogens is 1. The molecular formula is C31H29FN2O6. The number of nitrogens with zero attached hydrogens (tertiary/aromatic N) is 1. The Morgan fingerprint density at radius 3 is 2.30 bits per heavy atom. The molecule has 2 N–H and O–H groups in total. The van der Waals surface area contributed by atoms with Gasteiger partial charge in [-0.2, -0.15) is 5.90 Å². The Hall–Kier alpha value is -5.07. The number of carbonyl (C=O) groups is 1. The fourth-order valence-electron chi connectivity index (χ4n) is 3.75. The molecular weight excluding hydrogens is 515 g/mol. The maximum absolute atomic E-state index is 13.2. The van der Waals surface area contributed by atoms with Crippen LogP contribution in [0.25, 0.3) is 11.3 Å². The Balaban J connectivity index is 2.01. The van der Waals surface area contributed by atoms with E-state index in [0.29, 0.717) is 33.7 Å². The number of oxime groups is 1. The second-order valence-electron chi connectivity index (χ2n) is 8.23. The monoisotopic (exact) mass is 544 g/mol. The lowest BCUT2D eigenvalue weighted by molar-refractivity contribution is -0.133. The number of carbonyl (C=O) groups excluding carboxylic acids is 1. The van der Waals surface area contributed by atoms with Gasteiger partial charge in [-0.25, -0.2) is 9.18 Å². The predicted octanol–water partition coefficient (Wildman–Crippen LogP) is 5.24. The van der Waals surface area contributed by atoms with Crippen molar-refractivity contribution in [2.75, 3.05) is 20.8 Å². The van der Waals surface area contributed by atoms with Crippen LogP contribution in [0.2, 0.25) is 0 Å². The minimum Gasteiger partial charge on any atom is -0.503 e. The van der Waals surface area contributed by atoms with Crippen molar-refractivity contribution < 1.29 is 33.1 Å². The van der Waals surface area contributed by atoms with Gasteiger partial charge in [0.2, 0.25) is 0 Å². The Morgan fingerprint density at radius 2 is 1.70 bits per heavy atom. The van der Waals surface area contributed by atoms with Crippen LogP contribution in [0.3, 0.4) is 0 Å². The number of terminal acetylenes is 1. The lowest BCUT2D eigenvalue weighted by Crippen LogP contribution is -2.13. The molecule has 0 amide bonds. The molecule has 0 radical (unpaired) electrons. The number of methoxy groups -OCH3 is 2. The first-order chi connectivity index (χ1) is 19.4. The van der Waals surface area contributed by atoms with Crippen molar-refractivity contribution in [2.24, 2.45) is 11.1 Å². The second-order valence-corrected chi connectivity index (χ2v) is 8.23. The third-order valence-corrected chi connectivity index (χ3v) is 5.67. The van der Waals surface area contributed by atoms with Crippen LogP contribution in [0.4, 0.5) is 4.39 Å². The Morgan fingerprint density at radius 1 is 1.02 bits per heavy atom. The predicted molar refractivity (Wildman–Crippen MR) is 150 cm³/mol. The van der Waals surface area contributed by atoms with Crippen LogP contribution < -0.4 is 10.6 Å². The molecule has 3 aromatic rings. The summed E-state index contributed by atoms with van der Waals surface area (Å²) in [5.74, 6) is 8.03. The molecule has 3 aromatic carbocycles. The van der Waals surface area contributed by atoms with E-state index in [1.165, 1.54) is 32.6 Å². The van der Waals surface area contributed by atoms with Gasteiger partial charge in [0.15, 0.2) is 12.4 Å². The first-order valence-electron chi connectivity index (χ1n) is 12.0. The highest BCUT2D eigenvalue weighted by atomic mass is 19.1. The molecule has 0 aromatic heterocycles. The van der Waals surface area contributed by atoms with Gasteiger partial charge in [0, 0.05) is 22.3 Å². The van der Waals surface area contributed by atoms with Gasteiger partial charge in [-0.05, 0) is 48.9 Å². The number of hydrogen-bond donors (Lipinski definition) is 1. The van der Waals surface area contributed by atoms with E-state index in [2.05, 4.69) is 11.1 Å². The summed E-state index contributed by atoms with van der Waals surface area (Å²) in [4.78, 5) is 23.2. The van der Waals surface area contributed by atoms with Crippen molar-refractivity contribution in [3.8, 4) is 18.1 Å². The van der Waals surface area contributed by atoms with E-state index in [4.69, 9.17) is 36.2 Å². The lowest BCUT2D eigenvalue weighted by Gasteiger charge is -2.17. The zero-order chi connectivity index (χ0) is 28.9. The first-order valence-corrected chi connectivity index (χ1v) is 12.0. The van der Waals surface area contributed by atoms with Gasteiger partial charge >= 0.3 is 5.97 Å². The highest BCUT2D eigenvalue weighted by Crippen LogP contribution is 2.30. The van der Waals surface area contributed by atoms with Gasteiger partial charge in [-0.15, -0.1) is 6.42 Å². The smallest absolute Gasteiger partial charge is 0.341 e. The zero-order valence-electron chi connectivity index (χ0n) is 22.3. The van der Waals surface area contributed by atoms with E-state index in [1.54, 1.807) is 67.6 Å². The molecule has 0 unspecified atom stereocenters. The average molecular weight is 545 g/mol. The van der Waals surface area contributed by atoms with Crippen LogP contribution in [-0.4, -0.2) is 32.5 Å². The summed E-state index contributed by atoms with van der Waals surface area (Å²) in [7, 11) is 2.70. The van der Waals surface area contributed by atoms with Gasteiger partial charge in [0.05, 0.1) is 20.5 Å². The minimum atomic E-state index is -0.606. The van der Waals surface area contributed by atoms with Crippen molar-refractivity contribution in [1.29, 1.82) is 0 Å². The van der Waals surface area contributed by atoms with Crippen molar-refractivity contribution in [1.82, 2.24) is 0 Å². The van der Waals surface area contributed by atoms with Gasteiger partial charge in [0.25, 0.3) is 0 Å². The van der Waals surface area contributed by atoms with Crippen molar-refractivity contribution in [2.45, 2.75) is 13.5 Å². The molecule has 0 bridgehead atoms. The van der Waals surface area contributed by atoms with E-state index < -0.39 is 5.97 Å². The highest BCUT2D eigenvalue weighted by molar-refractivity contribution is 6.19. The van der Waals surface area contributed by atoms with Gasteiger partial charge in [-0.1, -0.05) is 47.5 Å². The van der Waals surface area contributed by atoms with Gasteiger partial charge in [0.1, 0.15) is 29.5 Å². The summed E-state index contributed by atoms with van der Waals surface area (Å²) in [5, 5.41) is 4.25.